The van der Waals surface area contributed by atoms with Crippen LogP contribution in [0, 0.1) is 0 Å². The van der Waals surface area contributed by atoms with E-state index >= 15 is 0 Å². The average molecular weight is 527 g/mol. The number of aliphatic hydroxyl groups is 1. The van der Waals surface area contributed by atoms with Gasteiger partial charge in [-0.15, -0.1) is 0 Å². The predicted molar refractivity (Wildman–Crippen MR) is 142 cm³/mol. The lowest BCUT2D eigenvalue weighted by atomic mass is 9.98. The Morgan fingerprint density at radius 2 is 1.79 bits per heavy atom. The van der Waals surface area contributed by atoms with Gasteiger partial charge in [0.2, 0.25) is 0 Å². The summed E-state index contributed by atoms with van der Waals surface area (Å²) in [7, 11) is 4.57. The maximum Gasteiger partial charge on any atom is 0.277 e. The number of fused-ring (bicyclic) bond motifs is 1. The third-order valence-corrected chi connectivity index (χ3v) is 6.41. The number of alkyl halides is 2. The lowest BCUT2D eigenvalue weighted by Gasteiger charge is -2.29. The molecule has 1 atom stereocenters. The molecule has 2 aromatic carbocycles. The normalized spacial score (nSPS) is 12.5. The van der Waals surface area contributed by atoms with Crippen LogP contribution < -0.4 is 20.1 Å². The van der Waals surface area contributed by atoms with Crippen molar-refractivity contribution in [1.29, 1.82) is 0 Å². The number of nitrogens with zero attached hydrogens (tertiary/aromatic N) is 5. The van der Waals surface area contributed by atoms with E-state index < -0.39 is 18.4 Å². The fourth-order valence-corrected chi connectivity index (χ4v) is 4.27. The van der Waals surface area contributed by atoms with Crippen LogP contribution in [0.25, 0.3) is 22.3 Å². The van der Waals surface area contributed by atoms with E-state index in [1.807, 2.05) is 36.3 Å². The molecule has 2 aromatic heterocycles. The molecule has 4 aromatic rings. The second-order valence-electron chi connectivity index (χ2n) is 8.91. The lowest BCUT2D eigenvalue weighted by molar-refractivity contribution is -0.114. The number of aliphatic hydroxyl groups excluding tert-OH is 1. The summed E-state index contributed by atoms with van der Waals surface area (Å²) in [5, 5.41) is 14.7. The Hall–Kier alpha value is -3.83. The van der Waals surface area contributed by atoms with E-state index in [0.717, 1.165) is 16.8 Å². The number of benzene rings is 2. The van der Waals surface area contributed by atoms with E-state index in [1.165, 1.54) is 21.1 Å². The topological polar surface area (TPSA) is 112 Å². The van der Waals surface area contributed by atoms with Crippen LogP contribution in [0.2, 0.25) is 0 Å². The number of nitrogens with two attached hydrogens (primary N) is 1. The zero-order valence-corrected chi connectivity index (χ0v) is 21.9. The molecule has 0 bridgehead atoms. The van der Waals surface area contributed by atoms with E-state index in [4.69, 9.17) is 20.2 Å². The SMILES string of the molecule is CCC(F)(F)C(O)c1c(OC)cc(N(CCCN)c2ccc3ncc(-c4cnn(C)c4)nc3c2)cc1OC. The molecule has 202 valence electrons. The molecule has 9 nitrogen and oxygen atoms in total. The van der Waals surface area contributed by atoms with Crippen molar-refractivity contribution in [3.63, 3.8) is 0 Å². The van der Waals surface area contributed by atoms with Gasteiger partial charge >= 0.3 is 0 Å². The van der Waals surface area contributed by atoms with Crippen molar-refractivity contribution < 1.29 is 23.4 Å². The highest BCUT2D eigenvalue weighted by molar-refractivity contribution is 5.83. The number of anilines is 2. The summed E-state index contributed by atoms with van der Waals surface area (Å²) in [5.74, 6) is -3.17. The summed E-state index contributed by atoms with van der Waals surface area (Å²) in [5.41, 5.74) is 10.1. The Balaban J connectivity index is 1.82. The number of hydrogen-bond donors (Lipinski definition) is 2. The quantitative estimate of drug-likeness (QED) is 0.291. The van der Waals surface area contributed by atoms with E-state index in [2.05, 4.69) is 10.1 Å². The van der Waals surface area contributed by atoms with Gasteiger partial charge in [0.05, 0.1) is 48.9 Å². The first-order valence-corrected chi connectivity index (χ1v) is 12.3. The predicted octanol–water partition coefficient (Wildman–Crippen LogP) is 4.61. The van der Waals surface area contributed by atoms with Gasteiger partial charge in [0.25, 0.3) is 5.92 Å². The average Bonchev–Trinajstić information content (AvgIpc) is 3.37. The minimum Gasteiger partial charge on any atom is -0.496 e. The number of methoxy groups -OCH3 is 2. The fraction of sp³-hybridized carbons (Fsp3) is 0.370. The summed E-state index contributed by atoms with van der Waals surface area (Å²) in [6.07, 6.45) is 3.32. The Kier molecular flexibility index (Phi) is 8.08. The molecule has 0 aliphatic heterocycles. The van der Waals surface area contributed by atoms with Crippen LogP contribution in [-0.2, 0) is 7.05 Å². The van der Waals surface area contributed by atoms with Gasteiger partial charge in [0, 0.05) is 55.3 Å². The number of halogens is 2. The van der Waals surface area contributed by atoms with E-state index in [0.29, 0.717) is 36.4 Å². The van der Waals surface area contributed by atoms with Crippen molar-refractivity contribution in [1.82, 2.24) is 19.7 Å². The zero-order valence-electron chi connectivity index (χ0n) is 21.9. The van der Waals surface area contributed by atoms with E-state index in [1.54, 1.807) is 29.2 Å². The minimum absolute atomic E-state index is 0.0946. The molecule has 0 amide bonds. The Morgan fingerprint density at radius 3 is 2.37 bits per heavy atom. The molecule has 2 heterocycles. The molecule has 4 rings (SSSR count). The molecule has 0 aliphatic rings. The molecule has 0 spiro atoms. The van der Waals surface area contributed by atoms with Gasteiger partial charge in [0.1, 0.15) is 17.6 Å². The highest BCUT2D eigenvalue weighted by atomic mass is 19.3. The molecule has 0 saturated carbocycles. The van der Waals surface area contributed by atoms with Crippen LogP contribution in [0.4, 0.5) is 20.2 Å². The van der Waals surface area contributed by atoms with Crippen molar-refractivity contribution in [2.45, 2.75) is 31.8 Å². The largest absolute Gasteiger partial charge is 0.496 e. The molecule has 38 heavy (non-hydrogen) atoms. The number of aromatic nitrogens is 4. The maximum absolute atomic E-state index is 14.5. The lowest BCUT2D eigenvalue weighted by Crippen LogP contribution is -2.26. The third-order valence-electron chi connectivity index (χ3n) is 6.41. The van der Waals surface area contributed by atoms with Crippen LogP contribution in [-0.4, -0.2) is 58.1 Å². The molecule has 0 fully saturated rings. The summed E-state index contributed by atoms with van der Waals surface area (Å²) < 4.78 is 41.5. The van der Waals surface area contributed by atoms with Gasteiger partial charge < -0.3 is 25.2 Å². The monoisotopic (exact) mass is 526 g/mol. The minimum atomic E-state index is -3.36. The highest BCUT2D eigenvalue weighted by Crippen LogP contribution is 2.46. The van der Waals surface area contributed by atoms with Crippen molar-refractivity contribution in [2.24, 2.45) is 12.8 Å². The van der Waals surface area contributed by atoms with Crippen molar-refractivity contribution in [3.05, 3.63) is 54.5 Å². The Bertz CT molecular complexity index is 1390. The number of rotatable bonds is 11. The Morgan fingerprint density at radius 1 is 1.08 bits per heavy atom. The molecule has 0 aliphatic carbocycles. The molecule has 3 N–H and O–H groups in total. The van der Waals surface area contributed by atoms with Gasteiger partial charge in [-0.1, -0.05) is 6.92 Å². The number of aryl methyl sites for hydroxylation is 1. The summed E-state index contributed by atoms with van der Waals surface area (Å²) in [6.45, 7) is 2.29. The van der Waals surface area contributed by atoms with Crippen LogP contribution in [0.15, 0.2) is 48.9 Å². The molecular weight excluding hydrogens is 494 g/mol. The number of ether oxygens (including phenoxy) is 2. The van der Waals surface area contributed by atoms with Crippen LogP contribution in [0.1, 0.15) is 31.4 Å². The summed E-state index contributed by atoms with van der Waals surface area (Å²) in [6, 6.07) is 8.92. The first-order chi connectivity index (χ1) is 18.2. The van der Waals surface area contributed by atoms with Crippen LogP contribution >= 0.6 is 0 Å². The standard InChI is InChI=1S/C27H32F2N6O3/c1-5-27(28,29)26(36)25-23(37-3)12-19(13-24(25)38-4)35(10-6-9-30)18-7-8-20-21(11-18)33-22(15-31-20)17-14-32-34(2)16-17/h7-8,11-16,26,36H,5-6,9-10,30H2,1-4H3. The first-order valence-electron chi connectivity index (χ1n) is 12.3. The third kappa shape index (κ3) is 5.39. The van der Waals surface area contributed by atoms with Gasteiger partial charge in [-0.25, -0.2) is 13.8 Å². The molecule has 1 unspecified atom stereocenters. The van der Waals surface area contributed by atoms with Gasteiger partial charge in [0.15, 0.2) is 0 Å². The van der Waals surface area contributed by atoms with E-state index in [-0.39, 0.29) is 17.1 Å². The summed E-state index contributed by atoms with van der Waals surface area (Å²) >= 11 is 0. The molecule has 11 heteroatoms. The van der Waals surface area contributed by atoms with Crippen LogP contribution in [0.3, 0.4) is 0 Å². The second kappa shape index (κ2) is 11.3. The van der Waals surface area contributed by atoms with Crippen molar-refractivity contribution in [3.8, 4) is 22.8 Å². The van der Waals surface area contributed by atoms with Gasteiger partial charge in [-0.05, 0) is 31.2 Å². The van der Waals surface area contributed by atoms with Crippen molar-refractivity contribution >= 4 is 22.4 Å². The number of hydrogen-bond acceptors (Lipinski definition) is 8. The van der Waals surface area contributed by atoms with Crippen LogP contribution in [0.5, 0.6) is 11.5 Å². The van der Waals surface area contributed by atoms with Crippen molar-refractivity contribution in [2.75, 3.05) is 32.2 Å². The maximum atomic E-state index is 14.5. The Labute approximate surface area is 219 Å². The second-order valence-corrected chi connectivity index (χ2v) is 8.91. The van der Waals surface area contributed by atoms with Gasteiger partial charge in [-0.2, -0.15) is 5.10 Å². The molecular formula is C27H32F2N6O3. The molecule has 0 saturated heterocycles. The highest BCUT2D eigenvalue weighted by Gasteiger charge is 2.41. The zero-order chi connectivity index (χ0) is 27.4. The summed E-state index contributed by atoms with van der Waals surface area (Å²) in [4.78, 5) is 11.3. The fourth-order valence-electron chi connectivity index (χ4n) is 4.27. The first kappa shape index (κ1) is 27.2. The molecule has 0 radical (unpaired) electrons. The van der Waals surface area contributed by atoms with E-state index in [9.17, 15) is 13.9 Å². The smallest absolute Gasteiger partial charge is 0.277 e. The van der Waals surface area contributed by atoms with Gasteiger partial charge in [-0.3, -0.25) is 9.67 Å².